The van der Waals surface area contributed by atoms with Crippen molar-refractivity contribution in [3.63, 3.8) is 0 Å². The number of alkyl halides is 3. The van der Waals surface area contributed by atoms with Gasteiger partial charge in [0.1, 0.15) is 16.8 Å². The average molecular weight is 551 g/mol. The first-order valence-electron chi connectivity index (χ1n) is 12.2. The average Bonchev–Trinajstić information content (AvgIpc) is 3.22. The first kappa shape index (κ1) is 27.8. The van der Waals surface area contributed by atoms with Crippen LogP contribution in [0.25, 0.3) is 11.0 Å². The Morgan fingerprint density at radius 2 is 1.89 bits per heavy atom. The van der Waals surface area contributed by atoms with Gasteiger partial charge in [-0.1, -0.05) is 30.8 Å². The number of fused-ring (bicyclic) bond motifs is 1. The molecule has 0 unspecified atom stereocenters. The lowest BCUT2D eigenvalue weighted by Crippen LogP contribution is -2.63. The molecule has 0 saturated carbocycles. The van der Waals surface area contributed by atoms with Crippen LogP contribution in [0.4, 0.5) is 18.0 Å². The molecule has 0 radical (unpaired) electrons. The number of aromatic nitrogens is 2. The van der Waals surface area contributed by atoms with Crippen LogP contribution in [0.15, 0.2) is 54.8 Å². The number of amides is 2. The maximum Gasteiger partial charge on any atom is 0.410 e. The first-order chi connectivity index (χ1) is 17.7. The fraction of sp³-hybridized carbons (Fsp3) is 0.444. The fourth-order valence-corrected chi connectivity index (χ4v) is 5.19. The van der Waals surface area contributed by atoms with E-state index in [2.05, 4.69) is 18.1 Å². The normalized spacial score (nSPS) is 17.4. The van der Waals surface area contributed by atoms with Crippen molar-refractivity contribution in [1.82, 2.24) is 19.4 Å². The molecule has 7 nitrogen and oxygen atoms in total. The molecule has 2 aromatic rings. The number of benzene rings is 1. The third-order valence-electron chi connectivity index (χ3n) is 6.64. The van der Waals surface area contributed by atoms with Crippen molar-refractivity contribution in [3.8, 4) is 0 Å². The Bertz CT molecular complexity index is 1330. The van der Waals surface area contributed by atoms with Crippen molar-refractivity contribution in [2.24, 2.45) is 5.41 Å². The summed E-state index contributed by atoms with van der Waals surface area (Å²) in [6, 6.07) is 4.99. The Kier molecular flexibility index (Phi) is 7.16. The molecule has 0 aliphatic carbocycles. The maximum atomic E-state index is 13.8. The highest BCUT2D eigenvalue weighted by Gasteiger charge is 2.60. The van der Waals surface area contributed by atoms with Crippen LogP contribution in [0, 0.1) is 5.41 Å². The van der Waals surface area contributed by atoms with Crippen LogP contribution < -0.4 is 0 Å². The van der Waals surface area contributed by atoms with E-state index in [0.717, 1.165) is 0 Å². The number of imidazole rings is 1. The minimum atomic E-state index is -4.28. The first-order valence-corrected chi connectivity index (χ1v) is 12.6. The second-order valence-electron chi connectivity index (χ2n) is 10.5. The zero-order chi connectivity index (χ0) is 28.0. The second kappa shape index (κ2) is 9.80. The quantitative estimate of drug-likeness (QED) is 0.409. The van der Waals surface area contributed by atoms with Crippen LogP contribution >= 0.6 is 11.6 Å². The van der Waals surface area contributed by atoms with Gasteiger partial charge in [0, 0.05) is 36.8 Å². The standard InChI is InChI=1S/C27H30ClF3N4O3/c1-6-18-20(7-2)35(23(36)26(18)15-33(16-26)24(37)38-25(3,4)5)14-22-32-19-13-17(28)9-10-21(19)34(22)12-8-11-27(29,30)31/h6-7,9-10,13H,1-2,8,11-12,14-16H2,3-5H3. The van der Waals surface area contributed by atoms with Gasteiger partial charge in [0.15, 0.2) is 0 Å². The molecule has 1 fully saturated rings. The molecule has 0 bridgehead atoms. The molecule has 1 saturated heterocycles. The molecular formula is C27H30ClF3N4O3. The number of carbonyl (C=O) groups excluding carboxylic acids is 2. The fourth-order valence-electron chi connectivity index (χ4n) is 5.02. The number of allylic oxidation sites excluding steroid dienone is 2. The van der Waals surface area contributed by atoms with Gasteiger partial charge in [0.2, 0.25) is 5.91 Å². The van der Waals surface area contributed by atoms with Crippen molar-refractivity contribution in [2.45, 2.75) is 58.5 Å². The molecule has 38 heavy (non-hydrogen) atoms. The zero-order valence-corrected chi connectivity index (χ0v) is 22.3. The number of rotatable bonds is 7. The van der Waals surface area contributed by atoms with Gasteiger partial charge in [-0.3, -0.25) is 4.79 Å². The minimum absolute atomic E-state index is 0.00400. The third kappa shape index (κ3) is 5.18. The maximum absolute atomic E-state index is 13.8. The van der Waals surface area contributed by atoms with E-state index >= 15 is 0 Å². The Morgan fingerprint density at radius 1 is 1.21 bits per heavy atom. The molecule has 2 aliphatic heterocycles. The summed E-state index contributed by atoms with van der Waals surface area (Å²) in [7, 11) is 0. The number of hydrogen-bond donors (Lipinski definition) is 0. The number of hydrogen-bond acceptors (Lipinski definition) is 4. The summed E-state index contributed by atoms with van der Waals surface area (Å²) in [6.07, 6.45) is -2.74. The molecule has 11 heteroatoms. The lowest BCUT2D eigenvalue weighted by molar-refractivity contribution is -0.143. The molecule has 204 valence electrons. The number of likely N-dealkylation sites (tertiary alicyclic amines) is 1. The predicted octanol–water partition coefficient (Wildman–Crippen LogP) is 6.24. The van der Waals surface area contributed by atoms with E-state index in [9.17, 15) is 22.8 Å². The van der Waals surface area contributed by atoms with Crippen molar-refractivity contribution in [2.75, 3.05) is 13.1 Å². The van der Waals surface area contributed by atoms with Crippen LogP contribution in [0.2, 0.25) is 5.02 Å². The number of aryl methyl sites for hydroxylation is 1. The van der Waals surface area contributed by atoms with E-state index in [4.69, 9.17) is 16.3 Å². The molecule has 0 N–H and O–H groups in total. The molecule has 1 aromatic heterocycles. The minimum Gasteiger partial charge on any atom is -0.444 e. The highest BCUT2D eigenvalue weighted by atomic mass is 35.5. The molecule has 1 spiro atoms. The Labute approximate surface area is 224 Å². The van der Waals surface area contributed by atoms with E-state index in [1.165, 1.54) is 9.80 Å². The van der Waals surface area contributed by atoms with E-state index < -0.39 is 29.7 Å². The molecular weight excluding hydrogens is 521 g/mol. The van der Waals surface area contributed by atoms with Crippen LogP contribution in [-0.2, 0) is 22.6 Å². The summed E-state index contributed by atoms with van der Waals surface area (Å²) in [6.45, 7) is 13.4. The summed E-state index contributed by atoms with van der Waals surface area (Å²) in [5.74, 6) is 0.162. The summed E-state index contributed by atoms with van der Waals surface area (Å²) in [5, 5.41) is 0.442. The molecule has 0 atom stereocenters. The van der Waals surface area contributed by atoms with E-state index in [1.54, 1.807) is 55.7 Å². The lowest BCUT2D eigenvalue weighted by Gasteiger charge is -2.47. The predicted molar refractivity (Wildman–Crippen MR) is 138 cm³/mol. The molecule has 2 amide bonds. The van der Waals surface area contributed by atoms with Gasteiger partial charge >= 0.3 is 12.3 Å². The van der Waals surface area contributed by atoms with Crippen molar-refractivity contribution in [3.05, 3.63) is 65.6 Å². The largest absolute Gasteiger partial charge is 0.444 e. The molecule has 4 rings (SSSR count). The zero-order valence-electron chi connectivity index (χ0n) is 21.6. The van der Waals surface area contributed by atoms with Gasteiger partial charge in [-0.15, -0.1) is 0 Å². The van der Waals surface area contributed by atoms with Gasteiger partial charge in [0.25, 0.3) is 0 Å². The van der Waals surface area contributed by atoms with Crippen molar-refractivity contribution < 1.29 is 27.5 Å². The highest BCUT2D eigenvalue weighted by Crippen LogP contribution is 2.48. The summed E-state index contributed by atoms with van der Waals surface area (Å²) >= 11 is 6.13. The smallest absolute Gasteiger partial charge is 0.410 e. The monoisotopic (exact) mass is 550 g/mol. The van der Waals surface area contributed by atoms with Crippen molar-refractivity contribution in [1.29, 1.82) is 0 Å². The number of halogens is 4. The molecule has 2 aliphatic rings. The van der Waals surface area contributed by atoms with Crippen LogP contribution in [0.5, 0.6) is 0 Å². The van der Waals surface area contributed by atoms with E-state index in [0.29, 0.717) is 33.2 Å². The SMILES string of the molecule is C=CC1=C(C=C)C2(CN(C(=O)OC(C)(C)C)C2)C(=O)N1Cc1nc2cc(Cl)ccc2n1CCCC(F)(F)F. The van der Waals surface area contributed by atoms with Crippen molar-refractivity contribution >= 4 is 34.6 Å². The van der Waals surface area contributed by atoms with Gasteiger partial charge < -0.3 is 19.1 Å². The van der Waals surface area contributed by atoms with Gasteiger partial charge in [-0.25, -0.2) is 9.78 Å². The number of carbonyl (C=O) groups is 2. The van der Waals surface area contributed by atoms with Gasteiger partial charge in [0.05, 0.1) is 17.6 Å². The lowest BCUT2D eigenvalue weighted by atomic mass is 9.74. The highest BCUT2D eigenvalue weighted by molar-refractivity contribution is 6.31. The summed E-state index contributed by atoms with van der Waals surface area (Å²) < 4.78 is 45.7. The van der Waals surface area contributed by atoms with E-state index in [-0.39, 0.29) is 38.5 Å². The van der Waals surface area contributed by atoms with Gasteiger partial charge in [-0.05, 0) is 57.0 Å². The van der Waals surface area contributed by atoms with Crippen LogP contribution in [0.1, 0.15) is 39.4 Å². The van der Waals surface area contributed by atoms with Crippen LogP contribution in [0.3, 0.4) is 0 Å². The number of nitrogens with zero attached hydrogens (tertiary/aromatic N) is 4. The molecule has 1 aromatic carbocycles. The Balaban J connectivity index is 1.64. The Hall–Kier alpha value is -3.27. The number of ether oxygens (including phenoxy) is 1. The Morgan fingerprint density at radius 3 is 2.47 bits per heavy atom. The van der Waals surface area contributed by atoms with Gasteiger partial charge in [-0.2, -0.15) is 13.2 Å². The topological polar surface area (TPSA) is 67.7 Å². The summed E-state index contributed by atoms with van der Waals surface area (Å²) in [5.41, 5.74) is 0.636. The molecule has 3 heterocycles. The van der Waals surface area contributed by atoms with Crippen LogP contribution in [-0.4, -0.2) is 56.2 Å². The van der Waals surface area contributed by atoms with E-state index in [1.807, 2.05) is 0 Å². The summed E-state index contributed by atoms with van der Waals surface area (Å²) in [4.78, 5) is 34.0. The second-order valence-corrected chi connectivity index (χ2v) is 11.0. The third-order valence-corrected chi connectivity index (χ3v) is 6.87.